The zero-order valence-corrected chi connectivity index (χ0v) is 12.8. The molecular weight excluding hydrogens is 311 g/mol. The summed E-state index contributed by atoms with van der Waals surface area (Å²) in [5.74, 6) is 0. The van der Waals surface area contributed by atoms with Crippen LogP contribution in [-0.4, -0.2) is 10.2 Å². The Bertz CT molecular complexity index is 602. The molecule has 18 heavy (non-hydrogen) atoms. The summed E-state index contributed by atoms with van der Waals surface area (Å²) >= 11 is 19.2. The van der Waals surface area contributed by atoms with Crippen LogP contribution in [0.2, 0.25) is 15.2 Å². The Morgan fingerprint density at radius 3 is 2.33 bits per heavy atom. The Morgan fingerprint density at radius 2 is 1.67 bits per heavy atom. The fourth-order valence-corrected chi connectivity index (χ4v) is 2.77. The van der Waals surface area contributed by atoms with Crippen LogP contribution in [0.5, 0.6) is 0 Å². The van der Waals surface area contributed by atoms with E-state index >= 15 is 0 Å². The van der Waals surface area contributed by atoms with Crippen molar-refractivity contribution in [3.8, 4) is 0 Å². The summed E-state index contributed by atoms with van der Waals surface area (Å²) in [5, 5.41) is 10.3. The van der Waals surface area contributed by atoms with E-state index in [1.807, 2.05) is 19.9 Å². The topological polar surface area (TPSA) is 25.8 Å². The molecule has 0 aliphatic carbocycles. The van der Waals surface area contributed by atoms with Crippen molar-refractivity contribution in [2.75, 3.05) is 0 Å². The van der Waals surface area contributed by atoms with Crippen molar-refractivity contribution in [1.82, 2.24) is 10.2 Å². The maximum Gasteiger partial charge on any atom is 0.154 e. The molecule has 0 N–H and O–H groups in total. The maximum absolute atomic E-state index is 5.97. The van der Waals surface area contributed by atoms with Gasteiger partial charge in [0.2, 0.25) is 0 Å². The maximum atomic E-state index is 5.97. The first-order chi connectivity index (χ1) is 8.49. The molecule has 0 spiro atoms. The predicted octanol–water partition coefficient (Wildman–Crippen LogP) is 5.20. The van der Waals surface area contributed by atoms with Gasteiger partial charge in [-0.3, -0.25) is 0 Å². The number of halogens is 3. The molecule has 1 aromatic carbocycles. The van der Waals surface area contributed by atoms with Gasteiger partial charge in [0.05, 0.1) is 10.0 Å². The SMILES string of the molecule is Cc1c(Cl)nnc(Sc2ccc(Cl)c(Cl)c2)c1C. The van der Waals surface area contributed by atoms with Crippen LogP contribution < -0.4 is 0 Å². The fraction of sp³-hybridized carbons (Fsp3) is 0.167. The molecule has 0 atom stereocenters. The number of rotatable bonds is 2. The first-order valence-electron chi connectivity index (χ1n) is 5.11. The normalized spacial score (nSPS) is 10.7. The minimum Gasteiger partial charge on any atom is -0.142 e. The average Bonchev–Trinajstić information content (AvgIpc) is 2.34. The summed E-state index contributed by atoms with van der Waals surface area (Å²) in [6.45, 7) is 3.89. The first-order valence-corrected chi connectivity index (χ1v) is 7.06. The Kier molecular flexibility index (Phi) is 4.38. The number of aromatic nitrogens is 2. The van der Waals surface area contributed by atoms with Crippen LogP contribution in [0.4, 0.5) is 0 Å². The lowest BCUT2D eigenvalue weighted by atomic mass is 10.2. The smallest absolute Gasteiger partial charge is 0.142 e. The zero-order valence-electron chi connectivity index (χ0n) is 9.67. The third kappa shape index (κ3) is 2.91. The Labute approximate surface area is 125 Å². The number of hydrogen-bond acceptors (Lipinski definition) is 3. The summed E-state index contributed by atoms with van der Waals surface area (Å²) in [7, 11) is 0. The van der Waals surface area contributed by atoms with Crippen LogP contribution in [0.1, 0.15) is 11.1 Å². The molecule has 1 aromatic heterocycles. The number of benzene rings is 1. The van der Waals surface area contributed by atoms with Crippen molar-refractivity contribution in [2.45, 2.75) is 23.8 Å². The molecule has 0 unspecified atom stereocenters. The van der Waals surface area contributed by atoms with Gasteiger partial charge in [0.25, 0.3) is 0 Å². The second-order valence-corrected chi connectivity index (χ2v) is 5.96. The monoisotopic (exact) mass is 318 g/mol. The molecule has 0 bridgehead atoms. The molecule has 0 amide bonds. The quantitative estimate of drug-likeness (QED) is 0.760. The van der Waals surface area contributed by atoms with Crippen LogP contribution in [-0.2, 0) is 0 Å². The fourth-order valence-electron chi connectivity index (χ4n) is 1.30. The van der Waals surface area contributed by atoms with Gasteiger partial charge in [-0.1, -0.05) is 46.6 Å². The van der Waals surface area contributed by atoms with Gasteiger partial charge < -0.3 is 0 Å². The van der Waals surface area contributed by atoms with E-state index in [1.165, 1.54) is 11.8 Å². The first kappa shape index (κ1) is 13.9. The van der Waals surface area contributed by atoms with E-state index in [2.05, 4.69) is 10.2 Å². The van der Waals surface area contributed by atoms with Gasteiger partial charge in [0.1, 0.15) is 5.03 Å². The van der Waals surface area contributed by atoms with Crippen LogP contribution in [0.3, 0.4) is 0 Å². The van der Waals surface area contributed by atoms with E-state index in [1.54, 1.807) is 12.1 Å². The van der Waals surface area contributed by atoms with Crippen molar-refractivity contribution in [3.05, 3.63) is 44.5 Å². The number of nitrogens with zero attached hydrogens (tertiary/aromatic N) is 2. The summed E-state index contributed by atoms with van der Waals surface area (Å²) in [6.07, 6.45) is 0. The summed E-state index contributed by atoms with van der Waals surface area (Å²) < 4.78 is 0. The highest BCUT2D eigenvalue weighted by molar-refractivity contribution is 7.99. The van der Waals surface area contributed by atoms with E-state index in [0.717, 1.165) is 21.0 Å². The van der Waals surface area contributed by atoms with Gasteiger partial charge in [0.15, 0.2) is 5.15 Å². The molecule has 94 valence electrons. The summed E-state index contributed by atoms with van der Waals surface area (Å²) in [4.78, 5) is 0.962. The Morgan fingerprint density at radius 1 is 0.944 bits per heavy atom. The van der Waals surface area contributed by atoms with E-state index in [-0.39, 0.29) is 0 Å². The van der Waals surface area contributed by atoms with E-state index < -0.39 is 0 Å². The van der Waals surface area contributed by atoms with E-state index in [0.29, 0.717) is 15.2 Å². The van der Waals surface area contributed by atoms with Crippen LogP contribution >= 0.6 is 46.6 Å². The highest BCUT2D eigenvalue weighted by atomic mass is 35.5. The molecule has 0 saturated heterocycles. The molecule has 0 aliphatic heterocycles. The van der Waals surface area contributed by atoms with Gasteiger partial charge in [-0.15, -0.1) is 10.2 Å². The third-order valence-electron chi connectivity index (χ3n) is 2.53. The molecule has 2 rings (SSSR count). The van der Waals surface area contributed by atoms with Crippen molar-refractivity contribution >= 4 is 46.6 Å². The summed E-state index contributed by atoms with van der Waals surface area (Å²) in [5.41, 5.74) is 1.96. The second kappa shape index (κ2) is 5.66. The third-order valence-corrected chi connectivity index (χ3v) is 4.70. The van der Waals surface area contributed by atoms with Crippen molar-refractivity contribution in [1.29, 1.82) is 0 Å². The molecule has 2 aromatic rings. The van der Waals surface area contributed by atoms with Gasteiger partial charge >= 0.3 is 0 Å². The Hall–Kier alpha value is -0.480. The second-order valence-electron chi connectivity index (χ2n) is 3.72. The largest absolute Gasteiger partial charge is 0.154 e. The molecule has 0 fully saturated rings. The highest BCUT2D eigenvalue weighted by Crippen LogP contribution is 2.34. The molecule has 0 saturated carbocycles. The van der Waals surface area contributed by atoms with E-state index in [4.69, 9.17) is 34.8 Å². The summed E-state index contributed by atoms with van der Waals surface area (Å²) in [6, 6.07) is 5.46. The molecular formula is C12H9Cl3N2S. The molecule has 0 radical (unpaired) electrons. The van der Waals surface area contributed by atoms with Gasteiger partial charge in [-0.05, 0) is 43.2 Å². The van der Waals surface area contributed by atoms with Gasteiger partial charge in [-0.2, -0.15) is 0 Å². The minimum absolute atomic E-state index is 0.436. The highest BCUT2D eigenvalue weighted by Gasteiger charge is 2.10. The van der Waals surface area contributed by atoms with Crippen molar-refractivity contribution in [2.24, 2.45) is 0 Å². The Balaban J connectivity index is 2.34. The van der Waals surface area contributed by atoms with Crippen LogP contribution in [0.15, 0.2) is 28.1 Å². The molecule has 1 heterocycles. The molecule has 2 nitrogen and oxygen atoms in total. The predicted molar refractivity (Wildman–Crippen MR) is 77.1 cm³/mol. The minimum atomic E-state index is 0.436. The van der Waals surface area contributed by atoms with Gasteiger partial charge in [0, 0.05) is 4.90 Å². The average molecular weight is 320 g/mol. The lowest BCUT2D eigenvalue weighted by Gasteiger charge is -2.07. The lowest BCUT2D eigenvalue weighted by Crippen LogP contribution is -1.95. The standard InChI is InChI=1S/C12H9Cl3N2S/c1-6-7(2)12(17-16-11(6)15)18-8-3-4-9(13)10(14)5-8/h3-5H,1-2H3. The van der Waals surface area contributed by atoms with Crippen LogP contribution in [0.25, 0.3) is 0 Å². The lowest BCUT2D eigenvalue weighted by molar-refractivity contribution is 0.891. The van der Waals surface area contributed by atoms with Crippen molar-refractivity contribution < 1.29 is 0 Å². The molecule has 6 heteroatoms. The van der Waals surface area contributed by atoms with E-state index in [9.17, 15) is 0 Å². The zero-order chi connectivity index (χ0) is 13.3. The molecule has 0 aliphatic rings. The van der Waals surface area contributed by atoms with Gasteiger partial charge in [-0.25, -0.2) is 0 Å². The van der Waals surface area contributed by atoms with Crippen LogP contribution in [0, 0.1) is 13.8 Å². The van der Waals surface area contributed by atoms with Crippen molar-refractivity contribution in [3.63, 3.8) is 0 Å². The number of hydrogen-bond donors (Lipinski definition) is 0.